The molecule has 1 aromatic rings. The van der Waals surface area contributed by atoms with Crippen LogP contribution >= 0.6 is 15.9 Å². The number of benzene rings is 1. The van der Waals surface area contributed by atoms with Gasteiger partial charge in [0, 0.05) is 11.4 Å². The van der Waals surface area contributed by atoms with Gasteiger partial charge in [0.1, 0.15) is 5.69 Å². The maximum Gasteiger partial charge on any atom is 0.292 e. The molecule has 0 bridgehead atoms. The average Bonchev–Trinajstić information content (AvgIpc) is 2.14. The summed E-state index contributed by atoms with van der Waals surface area (Å²) in [5.41, 5.74) is 6.49. The normalized spacial score (nSPS) is 10.6. The molecule has 0 aliphatic rings. The van der Waals surface area contributed by atoms with Gasteiger partial charge in [-0.15, -0.1) is 0 Å². The third-order valence-electron chi connectivity index (χ3n) is 1.65. The number of nitrogens with zero attached hydrogens (tertiary/aromatic N) is 1. The van der Waals surface area contributed by atoms with Crippen LogP contribution < -0.4 is 5.73 Å². The largest absolute Gasteiger partial charge is 0.393 e. The number of allylic oxidation sites excluding steroid dienone is 1. The van der Waals surface area contributed by atoms with E-state index in [0.29, 0.717) is 0 Å². The fourth-order valence-corrected chi connectivity index (χ4v) is 1.21. The van der Waals surface area contributed by atoms with E-state index < -0.39 is 4.92 Å². The summed E-state index contributed by atoms with van der Waals surface area (Å²) in [5.74, 6) is 0. The fraction of sp³-hybridized carbons (Fsp3) is 0.111. The zero-order chi connectivity index (χ0) is 10.6. The first-order chi connectivity index (χ1) is 6.65. The van der Waals surface area contributed by atoms with Crippen molar-refractivity contribution in [2.75, 3.05) is 11.1 Å². The van der Waals surface area contributed by atoms with Crippen molar-refractivity contribution in [1.82, 2.24) is 0 Å². The molecule has 0 aromatic heterocycles. The predicted molar refractivity (Wildman–Crippen MR) is 60.3 cm³/mol. The second-order valence-electron chi connectivity index (χ2n) is 2.63. The van der Waals surface area contributed by atoms with E-state index in [2.05, 4.69) is 15.9 Å². The molecular weight excluding hydrogens is 248 g/mol. The number of nitro benzene ring substituents is 1. The summed E-state index contributed by atoms with van der Waals surface area (Å²) < 4.78 is 0. The minimum Gasteiger partial charge on any atom is -0.393 e. The Morgan fingerprint density at radius 2 is 2.29 bits per heavy atom. The summed E-state index contributed by atoms with van der Waals surface area (Å²) in [6.07, 6.45) is 3.73. The van der Waals surface area contributed by atoms with Gasteiger partial charge in [0.15, 0.2) is 0 Å². The standard InChI is InChI=1S/C9H9BrN2O2/c10-5-1-2-7-3-4-9(12(13)14)8(11)6-7/h1-4,6H,5,11H2. The topological polar surface area (TPSA) is 69.2 Å². The van der Waals surface area contributed by atoms with Gasteiger partial charge in [-0.05, 0) is 17.7 Å². The Labute approximate surface area is 89.7 Å². The zero-order valence-corrected chi connectivity index (χ0v) is 8.90. The van der Waals surface area contributed by atoms with Crippen molar-refractivity contribution >= 4 is 33.4 Å². The molecule has 1 rings (SSSR count). The van der Waals surface area contributed by atoms with E-state index in [1.54, 1.807) is 12.1 Å². The van der Waals surface area contributed by atoms with Crippen molar-refractivity contribution < 1.29 is 4.92 Å². The minimum absolute atomic E-state index is 0.0546. The van der Waals surface area contributed by atoms with Crippen LogP contribution in [0.5, 0.6) is 0 Å². The Bertz CT molecular complexity index is 377. The molecule has 74 valence electrons. The summed E-state index contributed by atoms with van der Waals surface area (Å²) in [4.78, 5) is 9.95. The van der Waals surface area contributed by atoms with Crippen molar-refractivity contribution in [3.63, 3.8) is 0 Å². The molecule has 0 saturated carbocycles. The van der Waals surface area contributed by atoms with Crippen molar-refractivity contribution in [2.24, 2.45) is 0 Å². The lowest BCUT2D eigenvalue weighted by Crippen LogP contribution is -1.95. The summed E-state index contributed by atoms with van der Waals surface area (Å²) in [6, 6.07) is 4.65. The average molecular weight is 257 g/mol. The van der Waals surface area contributed by atoms with Crippen LogP contribution in [0, 0.1) is 10.1 Å². The molecule has 14 heavy (non-hydrogen) atoms. The van der Waals surface area contributed by atoms with Gasteiger partial charge in [0.2, 0.25) is 0 Å². The molecular formula is C9H9BrN2O2. The highest BCUT2D eigenvalue weighted by Crippen LogP contribution is 2.22. The Balaban J connectivity index is 3.00. The quantitative estimate of drug-likeness (QED) is 0.391. The van der Waals surface area contributed by atoms with E-state index in [9.17, 15) is 10.1 Å². The predicted octanol–water partition coefficient (Wildman–Crippen LogP) is 2.59. The Morgan fingerprint density at radius 3 is 2.79 bits per heavy atom. The highest BCUT2D eigenvalue weighted by molar-refractivity contribution is 9.09. The van der Waals surface area contributed by atoms with Crippen LogP contribution in [0.3, 0.4) is 0 Å². The van der Waals surface area contributed by atoms with Gasteiger partial charge in [-0.2, -0.15) is 0 Å². The summed E-state index contributed by atoms with van der Waals surface area (Å²) >= 11 is 3.24. The molecule has 0 aliphatic heterocycles. The van der Waals surface area contributed by atoms with E-state index in [1.165, 1.54) is 6.07 Å². The van der Waals surface area contributed by atoms with E-state index >= 15 is 0 Å². The molecule has 4 nitrogen and oxygen atoms in total. The van der Waals surface area contributed by atoms with E-state index in [-0.39, 0.29) is 11.4 Å². The molecule has 0 aliphatic carbocycles. The summed E-state index contributed by atoms with van der Waals surface area (Å²) in [5, 5.41) is 11.2. The molecule has 5 heteroatoms. The minimum atomic E-state index is -0.493. The van der Waals surface area contributed by atoms with Crippen molar-refractivity contribution in [2.45, 2.75) is 0 Å². The number of alkyl halides is 1. The monoisotopic (exact) mass is 256 g/mol. The highest BCUT2D eigenvalue weighted by atomic mass is 79.9. The molecule has 0 fully saturated rings. The number of nitrogens with two attached hydrogens (primary N) is 1. The molecule has 0 amide bonds. The maximum atomic E-state index is 10.4. The molecule has 2 N–H and O–H groups in total. The zero-order valence-electron chi connectivity index (χ0n) is 7.31. The first kappa shape index (κ1) is 10.7. The Hall–Kier alpha value is -1.36. The van der Waals surface area contributed by atoms with E-state index in [0.717, 1.165) is 10.9 Å². The fourth-order valence-electron chi connectivity index (χ4n) is 1.02. The van der Waals surface area contributed by atoms with Crippen LogP contribution in [-0.2, 0) is 0 Å². The van der Waals surface area contributed by atoms with Crippen molar-refractivity contribution in [3.8, 4) is 0 Å². The van der Waals surface area contributed by atoms with Gasteiger partial charge in [-0.1, -0.05) is 28.1 Å². The second-order valence-corrected chi connectivity index (χ2v) is 3.28. The third kappa shape index (κ3) is 2.56. The van der Waals surface area contributed by atoms with Gasteiger partial charge in [-0.25, -0.2) is 0 Å². The number of nitrogen functional groups attached to an aromatic ring is 1. The number of nitro groups is 1. The molecule has 1 aromatic carbocycles. The number of rotatable bonds is 3. The number of halogens is 1. The van der Waals surface area contributed by atoms with Gasteiger partial charge in [-0.3, -0.25) is 10.1 Å². The Kier molecular flexibility index (Phi) is 3.64. The van der Waals surface area contributed by atoms with Crippen LogP contribution in [0.1, 0.15) is 5.56 Å². The van der Waals surface area contributed by atoms with Crippen molar-refractivity contribution in [1.29, 1.82) is 0 Å². The third-order valence-corrected chi connectivity index (χ3v) is 2.02. The molecule has 0 spiro atoms. The van der Waals surface area contributed by atoms with Crippen LogP contribution in [0.25, 0.3) is 6.08 Å². The van der Waals surface area contributed by atoms with Gasteiger partial charge in [0.05, 0.1) is 4.92 Å². The maximum absolute atomic E-state index is 10.4. The highest BCUT2D eigenvalue weighted by Gasteiger charge is 2.09. The lowest BCUT2D eigenvalue weighted by molar-refractivity contribution is -0.383. The van der Waals surface area contributed by atoms with E-state index in [4.69, 9.17) is 5.73 Å². The van der Waals surface area contributed by atoms with Gasteiger partial charge in [0.25, 0.3) is 5.69 Å². The number of anilines is 1. The molecule has 0 saturated heterocycles. The Morgan fingerprint density at radius 1 is 1.57 bits per heavy atom. The van der Waals surface area contributed by atoms with Crippen LogP contribution in [-0.4, -0.2) is 10.3 Å². The van der Waals surface area contributed by atoms with Gasteiger partial charge < -0.3 is 5.73 Å². The molecule has 0 heterocycles. The smallest absolute Gasteiger partial charge is 0.292 e. The molecule has 0 radical (unpaired) electrons. The second kappa shape index (κ2) is 4.76. The molecule has 0 unspecified atom stereocenters. The number of hydrogen-bond donors (Lipinski definition) is 1. The molecule has 0 atom stereocenters. The van der Waals surface area contributed by atoms with Crippen LogP contribution in [0.15, 0.2) is 24.3 Å². The summed E-state index contributed by atoms with van der Waals surface area (Å²) in [7, 11) is 0. The van der Waals surface area contributed by atoms with E-state index in [1.807, 2.05) is 12.2 Å². The summed E-state index contributed by atoms with van der Waals surface area (Å²) in [6.45, 7) is 0. The first-order valence-corrected chi connectivity index (χ1v) is 5.03. The first-order valence-electron chi connectivity index (χ1n) is 3.91. The van der Waals surface area contributed by atoms with Gasteiger partial charge >= 0.3 is 0 Å². The van der Waals surface area contributed by atoms with Crippen molar-refractivity contribution in [3.05, 3.63) is 40.0 Å². The number of hydrogen-bond acceptors (Lipinski definition) is 3. The SMILES string of the molecule is Nc1cc(C=CCBr)ccc1[N+](=O)[O-]. The van der Waals surface area contributed by atoms with Crippen LogP contribution in [0.4, 0.5) is 11.4 Å². The lowest BCUT2D eigenvalue weighted by atomic mass is 10.1. The van der Waals surface area contributed by atoms with Crippen LogP contribution in [0.2, 0.25) is 0 Å². The lowest BCUT2D eigenvalue weighted by Gasteiger charge is -1.98.